The molecule has 3 rings (SSSR count). The highest BCUT2D eigenvalue weighted by Crippen LogP contribution is 2.25. The quantitative estimate of drug-likeness (QED) is 0.244. The summed E-state index contributed by atoms with van der Waals surface area (Å²) in [6.45, 7) is 1.40. The molecule has 0 aliphatic carbocycles. The maximum atomic E-state index is 13.2. The number of carbonyl (C=O) groups is 2. The molecular weight excluding hydrogens is 423 g/mol. The maximum Gasteiger partial charge on any atom is 0.340 e. The van der Waals surface area contributed by atoms with Crippen LogP contribution in [0.3, 0.4) is 0 Å². The summed E-state index contributed by atoms with van der Waals surface area (Å²) in [5.41, 5.74) is 0.846. The van der Waals surface area contributed by atoms with Gasteiger partial charge in [0.25, 0.3) is 11.6 Å². The van der Waals surface area contributed by atoms with Crippen LogP contribution in [0.25, 0.3) is 11.6 Å². The number of amides is 1. The minimum Gasteiger partial charge on any atom is -0.449 e. The Bertz CT molecular complexity index is 1130. The third-order valence-corrected chi connectivity index (χ3v) is 5.07. The first kappa shape index (κ1) is 21.8. The number of ether oxygens (including phenoxy) is 1. The number of non-ortho nitro benzene ring substituents is 1. The third-order valence-electron chi connectivity index (χ3n) is 4.17. The lowest BCUT2D eigenvalue weighted by atomic mass is 10.1. The number of hydrogen-bond donors (Lipinski definition) is 1. The van der Waals surface area contributed by atoms with Gasteiger partial charge in [0.1, 0.15) is 5.82 Å². The van der Waals surface area contributed by atoms with Crippen molar-refractivity contribution in [2.45, 2.75) is 13.0 Å². The smallest absolute Gasteiger partial charge is 0.340 e. The van der Waals surface area contributed by atoms with Crippen molar-refractivity contribution in [2.75, 3.05) is 5.32 Å². The van der Waals surface area contributed by atoms with E-state index in [2.05, 4.69) is 5.32 Å². The summed E-state index contributed by atoms with van der Waals surface area (Å²) < 4.78 is 18.5. The van der Waals surface area contributed by atoms with Crippen LogP contribution in [0.1, 0.15) is 17.4 Å². The van der Waals surface area contributed by atoms with Crippen LogP contribution in [0.2, 0.25) is 0 Å². The van der Waals surface area contributed by atoms with Crippen LogP contribution >= 0.6 is 11.3 Å². The van der Waals surface area contributed by atoms with Gasteiger partial charge in [-0.05, 0) is 48.2 Å². The number of nitro benzene ring substituents is 1. The van der Waals surface area contributed by atoms with Crippen molar-refractivity contribution in [1.29, 1.82) is 0 Å². The van der Waals surface area contributed by atoms with Crippen LogP contribution < -0.4 is 5.32 Å². The van der Waals surface area contributed by atoms with Gasteiger partial charge < -0.3 is 10.1 Å². The molecule has 1 atom stereocenters. The van der Waals surface area contributed by atoms with Crippen molar-refractivity contribution >= 4 is 46.2 Å². The lowest BCUT2D eigenvalue weighted by Gasteiger charge is -2.14. The van der Waals surface area contributed by atoms with Crippen LogP contribution in [-0.4, -0.2) is 22.9 Å². The van der Waals surface area contributed by atoms with Gasteiger partial charge in [-0.15, -0.1) is 11.3 Å². The molecule has 0 aliphatic rings. The Labute approximate surface area is 180 Å². The fourth-order valence-corrected chi connectivity index (χ4v) is 3.34. The second-order valence-electron chi connectivity index (χ2n) is 6.43. The lowest BCUT2D eigenvalue weighted by Crippen LogP contribution is -2.30. The van der Waals surface area contributed by atoms with Gasteiger partial charge in [-0.1, -0.05) is 24.3 Å². The lowest BCUT2D eigenvalue weighted by molar-refractivity contribution is -0.384. The van der Waals surface area contributed by atoms with E-state index in [4.69, 9.17) is 4.74 Å². The number of anilines is 1. The number of carbonyl (C=O) groups excluding carboxylic acids is 2. The zero-order valence-electron chi connectivity index (χ0n) is 16.3. The average molecular weight is 440 g/mol. The van der Waals surface area contributed by atoms with Crippen LogP contribution in [-0.2, 0) is 14.3 Å². The topological polar surface area (TPSA) is 98.5 Å². The van der Waals surface area contributed by atoms with E-state index in [1.165, 1.54) is 66.8 Å². The molecule has 3 aromatic rings. The molecule has 1 N–H and O–H groups in total. The first-order valence-corrected chi connectivity index (χ1v) is 9.99. The number of rotatable bonds is 7. The maximum absolute atomic E-state index is 13.2. The van der Waals surface area contributed by atoms with E-state index >= 15 is 0 Å². The Kier molecular flexibility index (Phi) is 6.88. The van der Waals surface area contributed by atoms with Crippen molar-refractivity contribution in [2.24, 2.45) is 0 Å². The first-order valence-electron chi connectivity index (χ1n) is 9.11. The van der Waals surface area contributed by atoms with Gasteiger partial charge in [0.15, 0.2) is 6.10 Å². The molecule has 1 unspecified atom stereocenters. The summed E-state index contributed by atoms with van der Waals surface area (Å²) in [7, 11) is 0. The van der Waals surface area contributed by atoms with E-state index in [0.29, 0.717) is 10.4 Å². The zero-order chi connectivity index (χ0) is 22.4. The fourth-order valence-electron chi connectivity index (χ4n) is 2.61. The Morgan fingerprint density at radius 3 is 2.55 bits per heavy atom. The molecule has 2 aromatic carbocycles. The van der Waals surface area contributed by atoms with Gasteiger partial charge >= 0.3 is 5.97 Å². The van der Waals surface area contributed by atoms with Crippen molar-refractivity contribution in [3.05, 3.63) is 92.4 Å². The summed E-state index contributed by atoms with van der Waals surface area (Å²) >= 11 is 1.32. The molecule has 1 amide bonds. The number of nitrogens with zero attached hydrogens (tertiary/aromatic N) is 1. The van der Waals surface area contributed by atoms with Gasteiger partial charge in [0.05, 0.1) is 10.5 Å². The summed E-state index contributed by atoms with van der Waals surface area (Å²) in [6.07, 6.45) is 0.391. The third kappa shape index (κ3) is 5.83. The molecule has 31 heavy (non-hydrogen) atoms. The molecule has 0 bridgehead atoms. The van der Waals surface area contributed by atoms with Gasteiger partial charge in [-0.3, -0.25) is 14.9 Å². The monoisotopic (exact) mass is 440 g/mol. The van der Waals surface area contributed by atoms with Crippen molar-refractivity contribution < 1.29 is 23.6 Å². The second-order valence-corrected chi connectivity index (χ2v) is 7.38. The van der Waals surface area contributed by atoms with Gasteiger partial charge in [0, 0.05) is 22.7 Å². The number of thiophene rings is 1. The molecular formula is C22H17FN2O5S. The number of esters is 1. The molecule has 1 heterocycles. The van der Waals surface area contributed by atoms with Crippen LogP contribution in [0, 0.1) is 15.9 Å². The molecule has 1 aromatic heterocycles. The Morgan fingerprint density at radius 1 is 1.16 bits per heavy atom. The summed E-state index contributed by atoms with van der Waals surface area (Å²) in [5, 5.41) is 15.2. The summed E-state index contributed by atoms with van der Waals surface area (Å²) in [4.78, 5) is 36.1. The molecule has 0 aliphatic heterocycles. The van der Waals surface area contributed by atoms with E-state index in [9.17, 15) is 24.1 Å². The summed E-state index contributed by atoms with van der Waals surface area (Å²) in [6, 6.07) is 14.5. The molecule has 0 saturated carbocycles. The van der Waals surface area contributed by atoms with Crippen molar-refractivity contribution in [3.8, 4) is 0 Å². The van der Waals surface area contributed by atoms with Crippen LogP contribution in [0.15, 0.2) is 66.0 Å². The van der Waals surface area contributed by atoms with E-state index in [1.54, 1.807) is 23.6 Å². The Morgan fingerprint density at radius 2 is 1.90 bits per heavy atom. The fraction of sp³-hybridized carbons (Fsp3) is 0.0909. The predicted molar refractivity (Wildman–Crippen MR) is 116 cm³/mol. The van der Waals surface area contributed by atoms with E-state index in [-0.39, 0.29) is 16.9 Å². The standard InChI is InChI=1S/C22H17FN2O5S/c1-14(21(26)24-17-4-2-5-18(13-17)25(28)29)30-22(27)19(20-6-3-11-31-20)12-15-7-9-16(23)10-8-15/h2-14H,1H3,(H,24,26)/b19-12+. The normalized spacial score (nSPS) is 12.1. The molecule has 0 fully saturated rings. The molecule has 0 radical (unpaired) electrons. The second kappa shape index (κ2) is 9.77. The molecule has 0 saturated heterocycles. The number of halogens is 1. The number of nitrogens with one attached hydrogen (secondary N) is 1. The summed E-state index contributed by atoms with van der Waals surface area (Å²) in [5.74, 6) is -1.77. The highest BCUT2D eigenvalue weighted by Gasteiger charge is 2.22. The largest absolute Gasteiger partial charge is 0.449 e. The SMILES string of the molecule is CC(OC(=O)/C(=C/c1ccc(F)cc1)c1cccs1)C(=O)Nc1cccc([N+](=O)[O-])c1. The molecule has 0 spiro atoms. The van der Waals surface area contributed by atoms with E-state index in [0.717, 1.165) is 0 Å². The number of hydrogen-bond acceptors (Lipinski definition) is 6. The Balaban J connectivity index is 1.75. The minimum absolute atomic E-state index is 0.176. The van der Waals surface area contributed by atoms with E-state index in [1.807, 2.05) is 0 Å². The predicted octanol–water partition coefficient (Wildman–Crippen LogP) is 4.91. The van der Waals surface area contributed by atoms with Crippen molar-refractivity contribution in [3.63, 3.8) is 0 Å². The van der Waals surface area contributed by atoms with Crippen molar-refractivity contribution in [1.82, 2.24) is 0 Å². The average Bonchev–Trinajstić information content (AvgIpc) is 3.27. The number of nitro groups is 1. The van der Waals surface area contributed by atoms with E-state index < -0.39 is 28.7 Å². The van der Waals surface area contributed by atoms with Gasteiger partial charge in [-0.25, -0.2) is 9.18 Å². The highest BCUT2D eigenvalue weighted by atomic mass is 32.1. The number of benzene rings is 2. The minimum atomic E-state index is -1.16. The highest BCUT2D eigenvalue weighted by molar-refractivity contribution is 7.11. The Hall–Kier alpha value is -3.85. The van der Waals surface area contributed by atoms with Gasteiger partial charge in [-0.2, -0.15) is 0 Å². The van der Waals surface area contributed by atoms with Crippen LogP contribution in [0.5, 0.6) is 0 Å². The zero-order valence-corrected chi connectivity index (χ0v) is 17.1. The molecule has 158 valence electrons. The molecule has 7 nitrogen and oxygen atoms in total. The van der Waals surface area contributed by atoms with Crippen LogP contribution in [0.4, 0.5) is 15.8 Å². The van der Waals surface area contributed by atoms with Gasteiger partial charge in [0.2, 0.25) is 0 Å². The molecule has 9 heteroatoms. The first-order chi connectivity index (χ1) is 14.8.